The summed E-state index contributed by atoms with van der Waals surface area (Å²) in [5.74, 6) is 0.839. The van der Waals surface area contributed by atoms with E-state index in [1.54, 1.807) is 7.11 Å². The summed E-state index contributed by atoms with van der Waals surface area (Å²) in [7, 11) is 1.73. The van der Waals surface area contributed by atoms with Crippen LogP contribution in [0.25, 0.3) is 0 Å². The minimum absolute atomic E-state index is 0.407. The number of ether oxygens (including phenoxy) is 2. The maximum atomic E-state index is 5.78. The van der Waals surface area contributed by atoms with Gasteiger partial charge in [0.25, 0.3) is 0 Å². The number of benzene rings is 1. The number of thiocarbonyl (C=S) groups is 1. The van der Waals surface area contributed by atoms with E-state index in [1.807, 2.05) is 24.3 Å². The van der Waals surface area contributed by atoms with Gasteiger partial charge in [-0.2, -0.15) is 0 Å². The van der Waals surface area contributed by atoms with Crippen molar-refractivity contribution in [2.75, 3.05) is 33.4 Å². The van der Waals surface area contributed by atoms with Crippen LogP contribution in [0.2, 0.25) is 0 Å². The van der Waals surface area contributed by atoms with Gasteiger partial charge in [0.05, 0.1) is 6.61 Å². The maximum Gasteiger partial charge on any atom is 0.119 e. The van der Waals surface area contributed by atoms with Crippen molar-refractivity contribution in [3.05, 3.63) is 29.8 Å². The Morgan fingerprint density at radius 3 is 2.38 bits per heavy atom. The summed E-state index contributed by atoms with van der Waals surface area (Å²) >= 11 is 4.93. The number of nitrogens with zero attached hydrogens (tertiary/aromatic N) is 1. The van der Waals surface area contributed by atoms with E-state index in [9.17, 15) is 0 Å². The first kappa shape index (κ1) is 17.9. The number of methoxy groups -OCH3 is 1. The normalized spacial score (nSPS) is 12.4. The minimum Gasteiger partial charge on any atom is -0.492 e. The lowest BCUT2D eigenvalue weighted by atomic mass is 10.2. The van der Waals surface area contributed by atoms with E-state index >= 15 is 0 Å². The molecule has 21 heavy (non-hydrogen) atoms. The van der Waals surface area contributed by atoms with Gasteiger partial charge in [0, 0.05) is 31.8 Å². The molecule has 0 amide bonds. The molecule has 0 spiro atoms. The van der Waals surface area contributed by atoms with Gasteiger partial charge in [0.2, 0.25) is 0 Å². The topological polar surface area (TPSA) is 47.7 Å². The van der Waals surface area contributed by atoms with Crippen molar-refractivity contribution < 1.29 is 9.47 Å². The zero-order valence-electron chi connectivity index (χ0n) is 13.2. The molecule has 0 saturated heterocycles. The third-order valence-corrected chi connectivity index (χ3v) is 3.82. The van der Waals surface area contributed by atoms with Crippen molar-refractivity contribution in [1.29, 1.82) is 0 Å². The number of rotatable bonds is 10. The predicted octanol–water partition coefficient (Wildman–Crippen LogP) is 2.45. The highest BCUT2D eigenvalue weighted by Gasteiger charge is 2.11. The fourth-order valence-electron chi connectivity index (χ4n) is 2.02. The highest BCUT2D eigenvalue weighted by Crippen LogP contribution is 2.12. The van der Waals surface area contributed by atoms with Crippen molar-refractivity contribution >= 4 is 17.2 Å². The molecule has 2 N–H and O–H groups in total. The molecule has 1 atom stereocenters. The summed E-state index contributed by atoms with van der Waals surface area (Å²) in [4.78, 5) is 2.79. The molecular weight excluding hydrogens is 284 g/mol. The number of nitrogens with two attached hydrogens (primary N) is 1. The molecule has 0 radical (unpaired) electrons. The lowest BCUT2D eigenvalue weighted by Gasteiger charge is -2.27. The van der Waals surface area contributed by atoms with E-state index in [1.165, 1.54) is 0 Å². The molecule has 1 aromatic carbocycles. The molecule has 0 aliphatic heterocycles. The Hall–Kier alpha value is -1.17. The molecule has 1 unspecified atom stereocenters. The summed E-state index contributed by atoms with van der Waals surface area (Å²) < 4.78 is 10.9. The summed E-state index contributed by atoms with van der Waals surface area (Å²) in [6.07, 6.45) is 1.12. The zero-order chi connectivity index (χ0) is 15.7. The fourth-order valence-corrected chi connectivity index (χ4v) is 2.15. The Balaban J connectivity index is 2.43. The van der Waals surface area contributed by atoms with E-state index in [0.717, 1.165) is 37.4 Å². The van der Waals surface area contributed by atoms with Gasteiger partial charge in [-0.3, -0.25) is 4.90 Å². The molecular formula is C16H26N2O2S. The largest absolute Gasteiger partial charge is 0.492 e. The molecule has 0 heterocycles. The van der Waals surface area contributed by atoms with Gasteiger partial charge in [-0.05, 0) is 37.6 Å². The van der Waals surface area contributed by atoms with Crippen LogP contribution in [0.15, 0.2) is 24.3 Å². The minimum atomic E-state index is 0.407. The van der Waals surface area contributed by atoms with E-state index in [-0.39, 0.29) is 0 Å². The molecule has 1 aromatic rings. The van der Waals surface area contributed by atoms with Gasteiger partial charge in [0.15, 0.2) is 0 Å². The molecule has 4 nitrogen and oxygen atoms in total. The smallest absolute Gasteiger partial charge is 0.119 e. The molecule has 0 bridgehead atoms. The van der Waals surface area contributed by atoms with Crippen LogP contribution in [0, 0.1) is 0 Å². The molecule has 0 saturated carbocycles. The number of hydrogen-bond donors (Lipinski definition) is 1. The highest BCUT2D eigenvalue weighted by molar-refractivity contribution is 7.80. The third kappa shape index (κ3) is 6.42. The quantitative estimate of drug-likeness (QED) is 0.673. The Morgan fingerprint density at radius 2 is 1.86 bits per heavy atom. The Kier molecular flexibility index (Phi) is 8.27. The van der Waals surface area contributed by atoms with E-state index in [4.69, 9.17) is 27.4 Å². The van der Waals surface area contributed by atoms with Gasteiger partial charge in [0.1, 0.15) is 17.3 Å². The second-order valence-electron chi connectivity index (χ2n) is 5.02. The second kappa shape index (κ2) is 9.71. The second-order valence-corrected chi connectivity index (χ2v) is 5.46. The van der Waals surface area contributed by atoms with Crippen LogP contribution >= 0.6 is 12.2 Å². The summed E-state index contributed by atoms with van der Waals surface area (Å²) in [6, 6.07) is 8.10. The van der Waals surface area contributed by atoms with Crippen LogP contribution in [0.1, 0.15) is 25.8 Å². The van der Waals surface area contributed by atoms with Crippen molar-refractivity contribution in [3.8, 4) is 5.75 Å². The molecule has 118 valence electrons. The zero-order valence-corrected chi connectivity index (χ0v) is 14.0. The highest BCUT2D eigenvalue weighted by atomic mass is 32.1. The van der Waals surface area contributed by atoms with Gasteiger partial charge in [-0.1, -0.05) is 19.1 Å². The monoisotopic (exact) mass is 310 g/mol. The Morgan fingerprint density at radius 1 is 1.24 bits per heavy atom. The molecule has 0 aromatic heterocycles. The third-order valence-electron chi connectivity index (χ3n) is 3.58. The summed E-state index contributed by atoms with van der Waals surface area (Å²) in [5.41, 5.74) is 6.43. The van der Waals surface area contributed by atoms with Crippen molar-refractivity contribution in [1.82, 2.24) is 4.90 Å². The van der Waals surface area contributed by atoms with Gasteiger partial charge in [-0.15, -0.1) is 0 Å². The van der Waals surface area contributed by atoms with Crippen molar-refractivity contribution in [3.63, 3.8) is 0 Å². The van der Waals surface area contributed by atoms with Crippen molar-refractivity contribution in [2.24, 2.45) is 5.73 Å². The van der Waals surface area contributed by atoms with Gasteiger partial charge < -0.3 is 15.2 Å². The van der Waals surface area contributed by atoms with Crippen LogP contribution in [-0.4, -0.2) is 49.3 Å². The first-order chi connectivity index (χ1) is 10.1. The lowest BCUT2D eigenvalue weighted by Crippen LogP contribution is -2.38. The molecule has 1 rings (SSSR count). The van der Waals surface area contributed by atoms with Crippen LogP contribution < -0.4 is 10.5 Å². The Bertz CT molecular complexity index is 423. The van der Waals surface area contributed by atoms with E-state index in [0.29, 0.717) is 17.6 Å². The predicted molar refractivity (Wildman–Crippen MR) is 91.0 cm³/mol. The maximum absolute atomic E-state index is 5.78. The van der Waals surface area contributed by atoms with Gasteiger partial charge >= 0.3 is 0 Å². The lowest BCUT2D eigenvalue weighted by molar-refractivity contribution is 0.109. The molecule has 0 fully saturated rings. The summed E-state index contributed by atoms with van der Waals surface area (Å²) in [6.45, 7) is 7.63. The number of hydrogen-bond acceptors (Lipinski definition) is 4. The fraction of sp³-hybridized carbons (Fsp3) is 0.562. The Labute approximate surface area is 133 Å². The molecule has 0 aliphatic carbocycles. The first-order valence-electron chi connectivity index (χ1n) is 7.34. The van der Waals surface area contributed by atoms with E-state index < -0.39 is 0 Å². The van der Waals surface area contributed by atoms with Crippen LogP contribution in [0.4, 0.5) is 0 Å². The summed E-state index contributed by atoms with van der Waals surface area (Å²) in [5, 5.41) is 0. The standard InChI is InChI=1S/C16H26N2O2S/c1-4-13(2)18(9-11-19-3)10-12-20-15-7-5-14(6-8-15)16(17)21/h5-8,13H,4,9-12H2,1-3H3,(H2,17,21). The average Bonchev–Trinajstić information content (AvgIpc) is 2.50. The first-order valence-corrected chi connectivity index (χ1v) is 7.75. The van der Waals surface area contributed by atoms with E-state index in [2.05, 4.69) is 18.7 Å². The molecule has 0 aliphatic rings. The van der Waals surface area contributed by atoms with Gasteiger partial charge in [-0.25, -0.2) is 0 Å². The average molecular weight is 310 g/mol. The molecule has 5 heteroatoms. The van der Waals surface area contributed by atoms with Crippen LogP contribution in [0.5, 0.6) is 5.75 Å². The SMILES string of the molecule is CCC(C)N(CCOC)CCOc1ccc(C(N)=S)cc1. The van der Waals surface area contributed by atoms with Crippen molar-refractivity contribution in [2.45, 2.75) is 26.3 Å². The van der Waals surface area contributed by atoms with Crippen LogP contribution in [0.3, 0.4) is 0 Å². The van der Waals surface area contributed by atoms with Crippen LogP contribution in [-0.2, 0) is 4.74 Å².